The summed E-state index contributed by atoms with van der Waals surface area (Å²) < 4.78 is 16.8. The van der Waals surface area contributed by atoms with Crippen LogP contribution in [0.15, 0.2) is 85.1 Å². The molecule has 0 aliphatic heterocycles. The first kappa shape index (κ1) is 71.6. The van der Waals surface area contributed by atoms with E-state index in [0.29, 0.717) is 19.3 Å². The Morgan fingerprint density at radius 3 is 0.867 bits per heavy atom. The van der Waals surface area contributed by atoms with Crippen LogP contribution in [0.5, 0.6) is 0 Å². The Hall–Kier alpha value is -3.41. The first-order chi connectivity index (χ1) is 37.0. The molecule has 0 saturated carbocycles. The van der Waals surface area contributed by atoms with E-state index in [-0.39, 0.29) is 31.1 Å². The van der Waals surface area contributed by atoms with Crippen molar-refractivity contribution in [3.8, 4) is 0 Å². The smallest absolute Gasteiger partial charge is 0.306 e. The lowest BCUT2D eigenvalue weighted by Crippen LogP contribution is -2.30. The van der Waals surface area contributed by atoms with E-state index in [2.05, 4.69) is 106 Å². The maximum absolute atomic E-state index is 12.8. The molecule has 432 valence electrons. The molecule has 0 rings (SSSR count). The van der Waals surface area contributed by atoms with Gasteiger partial charge in [-0.25, -0.2) is 0 Å². The Morgan fingerprint density at radius 2 is 0.533 bits per heavy atom. The van der Waals surface area contributed by atoms with Crippen LogP contribution in [0.2, 0.25) is 0 Å². The number of unbranched alkanes of at least 4 members (excludes halogenated alkanes) is 33. The molecule has 0 aromatic heterocycles. The van der Waals surface area contributed by atoms with Crippen LogP contribution in [-0.2, 0) is 28.6 Å². The van der Waals surface area contributed by atoms with Gasteiger partial charge in [0.25, 0.3) is 0 Å². The number of esters is 3. The van der Waals surface area contributed by atoms with Crippen molar-refractivity contribution >= 4 is 17.9 Å². The van der Waals surface area contributed by atoms with Gasteiger partial charge in [-0.3, -0.25) is 14.4 Å². The van der Waals surface area contributed by atoms with Gasteiger partial charge >= 0.3 is 17.9 Å². The van der Waals surface area contributed by atoms with Crippen LogP contribution >= 0.6 is 0 Å². The summed E-state index contributed by atoms with van der Waals surface area (Å²) in [6.07, 6.45) is 83.3. The lowest BCUT2D eigenvalue weighted by molar-refractivity contribution is -0.167. The number of carbonyl (C=O) groups excluding carboxylic acids is 3. The highest BCUT2D eigenvalue weighted by Gasteiger charge is 2.19. The summed E-state index contributed by atoms with van der Waals surface area (Å²) in [4.78, 5) is 38.1. The Kier molecular flexibility index (Phi) is 60.3. The van der Waals surface area contributed by atoms with Gasteiger partial charge in [0.1, 0.15) is 13.2 Å². The largest absolute Gasteiger partial charge is 0.462 e. The van der Waals surface area contributed by atoms with Gasteiger partial charge in [0.2, 0.25) is 0 Å². The van der Waals surface area contributed by atoms with Crippen molar-refractivity contribution < 1.29 is 28.6 Å². The molecule has 0 heterocycles. The summed E-state index contributed by atoms with van der Waals surface area (Å²) in [5.41, 5.74) is 0. The molecule has 6 heteroatoms. The standard InChI is InChI=1S/C69H120O6/c1-4-7-10-13-16-19-22-23-24-25-26-27-28-29-30-31-32-33-34-35-36-37-38-39-40-41-42-43-44-45-48-50-53-56-59-62-68(71)74-65-66(75-69(72)63-60-57-54-51-47-21-18-15-12-9-6-3)64-73-67(70)61-58-55-52-49-46-20-17-14-11-8-5-2/h7,10,15-16,18-19,23-24,26-27,29-30,32-33,66H,4-6,8-9,11-14,17,20-22,25,28,31,34-65H2,1-3H3/b10-7-,18-15-,19-16-,24-23-,27-26-,30-29-,33-32-. The number of ether oxygens (including phenoxy) is 3. The molecule has 1 atom stereocenters. The van der Waals surface area contributed by atoms with Gasteiger partial charge in [0.05, 0.1) is 0 Å². The minimum Gasteiger partial charge on any atom is -0.462 e. The second-order valence-electron chi connectivity index (χ2n) is 21.3. The first-order valence-electron chi connectivity index (χ1n) is 32.1. The molecule has 6 nitrogen and oxygen atoms in total. The predicted octanol–water partition coefficient (Wildman–Crippen LogP) is 21.9. The topological polar surface area (TPSA) is 78.9 Å². The molecule has 0 bridgehead atoms. The van der Waals surface area contributed by atoms with Gasteiger partial charge < -0.3 is 14.2 Å². The van der Waals surface area contributed by atoms with Crippen LogP contribution in [0.3, 0.4) is 0 Å². The minimum absolute atomic E-state index is 0.0744. The molecule has 1 unspecified atom stereocenters. The molecule has 0 aromatic rings. The van der Waals surface area contributed by atoms with E-state index in [0.717, 1.165) is 109 Å². The molecule has 0 aromatic carbocycles. The van der Waals surface area contributed by atoms with E-state index in [1.165, 1.54) is 167 Å². The van der Waals surface area contributed by atoms with Gasteiger partial charge in [-0.1, -0.05) is 292 Å². The maximum Gasteiger partial charge on any atom is 0.306 e. The fourth-order valence-electron chi connectivity index (χ4n) is 9.08. The van der Waals surface area contributed by atoms with Crippen molar-refractivity contribution in [1.82, 2.24) is 0 Å². The summed E-state index contributed by atoms with van der Waals surface area (Å²) in [7, 11) is 0. The van der Waals surface area contributed by atoms with Gasteiger partial charge in [0, 0.05) is 19.3 Å². The minimum atomic E-state index is -0.775. The molecule has 0 radical (unpaired) electrons. The summed E-state index contributed by atoms with van der Waals surface area (Å²) in [6, 6.07) is 0. The third-order valence-corrected chi connectivity index (χ3v) is 13.9. The number of rotatable bonds is 58. The molecule has 75 heavy (non-hydrogen) atoms. The Balaban J connectivity index is 4.03. The summed E-state index contributed by atoms with van der Waals surface area (Å²) in [5.74, 6) is -0.874. The number of hydrogen-bond donors (Lipinski definition) is 0. The van der Waals surface area contributed by atoms with Crippen LogP contribution < -0.4 is 0 Å². The average molecular weight is 1050 g/mol. The average Bonchev–Trinajstić information content (AvgIpc) is 3.41. The van der Waals surface area contributed by atoms with Crippen molar-refractivity contribution in [1.29, 1.82) is 0 Å². The quantitative estimate of drug-likeness (QED) is 0.0261. The fourth-order valence-corrected chi connectivity index (χ4v) is 9.08. The van der Waals surface area contributed by atoms with Gasteiger partial charge in [-0.15, -0.1) is 0 Å². The third kappa shape index (κ3) is 61.3. The molecular weight excluding hydrogens is 925 g/mol. The highest BCUT2D eigenvalue weighted by molar-refractivity contribution is 5.71. The Bertz CT molecular complexity index is 1430. The van der Waals surface area contributed by atoms with E-state index in [4.69, 9.17) is 14.2 Å². The van der Waals surface area contributed by atoms with Crippen LogP contribution in [0, 0.1) is 0 Å². The zero-order valence-corrected chi connectivity index (χ0v) is 49.6. The van der Waals surface area contributed by atoms with Crippen LogP contribution in [0.4, 0.5) is 0 Å². The molecule has 0 N–H and O–H groups in total. The van der Waals surface area contributed by atoms with Gasteiger partial charge in [-0.05, 0) is 89.9 Å². The maximum atomic E-state index is 12.8. The summed E-state index contributed by atoms with van der Waals surface area (Å²) >= 11 is 0. The Labute approximate surface area is 465 Å². The molecule has 0 saturated heterocycles. The number of carbonyl (C=O) groups is 3. The molecule has 0 aliphatic rings. The van der Waals surface area contributed by atoms with E-state index < -0.39 is 6.10 Å². The SMILES string of the molecule is CC/C=C\C/C=C\C/C=C\C/C=C\C/C=C\C/C=C\CCCCCCCCCCCCCCCCCCC(=O)OCC(COC(=O)CCCCCCCCCCCCC)OC(=O)CCCCCCC/C=C\CCCC. The van der Waals surface area contributed by atoms with E-state index in [1.807, 2.05) is 0 Å². The van der Waals surface area contributed by atoms with Crippen molar-refractivity contribution in [2.45, 2.75) is 322 Å². The monoisotopic (exact) mass is 1040 g/mol. The molecule has 0 fully saturated rings. The molecular formula is C69H120O6. The molecule has 0 spiro atoms. The van der Waals surface area contributed by atoms with Gasteiger partial charge in [0.15, 0.2) is 6.10 Å². The van der Waals surface area contributed by atoms with E-state index in [1.54, 1.807) is 0 Å². The van der Waals surface area contributed by atoms with E-state index in [9.17, 15) is 14.4 Å². The van der Waals surface area contributed by atoms with Crippen LogP contribution in [-0.4, -0.2) is 37.2 Å². The highest BCUT2D eigenvalue weighted by Crippen LogP contribution is 2.17. The number of hydrogen-bond acceptors (Lipinski definition) is 6. The van der Waals surface area contributed by atoms with Crippen molar-refractivity contribution in [2.75, 3.05) is 13.2 Å². The predicted molar refractivity (Wildman–Crippen MR) is 325 cm³/mol. The van der Waals surface area contributed by atoms with Crippen LogP contribution in [0.25, 0.3) is 0 Å². The van der Waals surface area contributed by atoms with Crippen LogP contribution in [0.1, 0.15) is 316 Å². The zero-order valence-electron chi connectivity index (χ0n) is 49.6. The van der Waals surface area contributed by atoms with Crippen molar-refractivity contribution in [3.63, 3.8) is 0 Å². The second kappa shape index (κ2) is 63.1. The fraction of sp³-hybridized carbons (Fsp3) is 0.754. The zero-order chi connectivity index (χ0) is 54.3. The van der Waals surface area contributed by atoms with Crippen molar-refractivity contribution in [2.24, 2.45) is 0 Å². The summed E-state index contributed by atoms with van der Waals surface area (Å²) in [5, 5.41) is 0. The molecule has 0 amide bonds. The van der Waals surface area contributed by atoms with Gasteiger partial charge in [-0.2, -0.15) is 0 Å². The lowest BCUT2D eigenvalue weighted by Gasteiger charge is -2.18. The normalized spacial score (nSPS) is 12.6. The first-order valence-corrected chi connectivity index (χ1v) is 32.1. The van der Waals surface area contributed by atoms with E-state index >= 15 is 0 Å². The second-order valence-corrected chi connectivity index (χ2v) is 21.3. The molecule has 0 aliphatic carbocycles. The number of allylic oxidation sites excluding steroid dienone is 14. The highest BCUT2D eigenvalue weighted by atomic mass is 16.6. The Morgan fingerprint density at radius 1 is 0.280 bits per heavy atom. The third-order valence-electron chi connectivity index (χ3n) is 13.9. The van der Waals surface area contributed by atoms with Crippen molar-refractivity contribution in [3.05, 3.63) is 85.1 Å². The summed E-state index contributed by atoms with van der Waals surface area (Å²) in [6.45, 7) is 6.49. The lowest BCUT2D eigenvalue weighted by atomic mass is 10.0.